The molecule has 0 saturated carbocycles. The van der Waals surface area contributed by atoms with Crippen LogP contribution >= 0.6 is 11.6 Å². The average Bonchev–Trinajstić information content (AvgIpc) is 2.82. The van der Waals surface area contributed by atoms with Crippen molar-refractivity contribution in [2.24, 2.45) is 5.92 Å². The van der Waals surface area contributed by atoms with Gasteiger partial charge >= 0.3 is 0 Å². The van der Waals surface area contributed by atoms with Crippen molar-refractivity contribution >= 4 is 38.8 Å². The van der Waals surface area contributed by atoms with Crippen LogP contribution in [0.1, 0.15) is 30.4 Å². The Morgan fingerprint density at radius 2 is 1.83 bits per heavy atom. The molecule has 1 saturated heterocycles. The maximum Gasteiger partial charge on any atom is 0.230 e. The lowest BCUT2D eigenvalue weighted by atomic mass is 9.89. The van der Waals surface area contributed by atoms with Crippen molar-refractivity contribution in [3.8, 4) is 11.1 Å². The van der Waals surface area contributed by atoms with Gasteiger partial charge in [-0.2, -0.15) is 0 Å². The highest BCUT2D eigenvalue weighted by Crippen LogP contribution is 2.36. The third kappa shape index (κ3) is 5.68. The maximum atomic E-state index is 14.2. The lowest BCUT2D eigenvalue weighted by Crippen LogP contribution is -2.42. The van der Waals surface area contributed by atoms with Gasteiger partial charge in [-0.1, -0.05) is 48.0 Å². The number of ketones is 1. The average molecular weight is 528 g/mol. The molecule has 1 atom stereocenters. The van der Waals surface area contributed by atoms with E-state index in [1.807, 2.05) is 0 Å². The minimum absolute atomic E-state index is 0.0455. The number of sulfone groups is 1. The zero-order valence-electron chi connectivity index (χ0n) is 20.1. The number of carbonyl (C=O) groups excluding carboxylic acids is 2. The predicted octanol–water partition coefficient (Wildman–Crippen LogP) is 5.80. The van der Waals surface area contributed by atoms with Gasteiger partial charge in [-0.15, -0.1) is 0 Å². The van der Waals surface area contributed by atoms with Gasteiger partial charge in [0.25, 0.3) is 0 Å². The van der Waals surface area contributed by atoms with Crippen molar-refractivity contribution in [3.05, 3.63) is 82.6 Å². The van der Waals surface area contributed by atoms with Crippen LogP contribution < -0.4 is 4.90 Å². The Morgan fingerprint density at radius 1 is 1.08 bits per heavy atom. The van der Waals surface area contributed by atoms with E-state index < -0.39 is 21.6 Å². The summed E-state index contributed by atoms with van der Waals surface area (Å²) in [6, 6.07) is 16.5. The van der Waals surface area contributed by atoms with Crippen LogP contribution in [0.15, 0.2) is 65.6 Å². The number of aryl methyl sites for hydroxylation is 1. The molecule has 5 nitrogen and oxygen atoms in total. The first-order valence-electron chi connectivity index (χ1n) is 11.7. The monoisotopic (exact) mass is 527 g/mol. The molecular formula is C28H27ClFNO4S. The molecule has 1 fully saturated rings. The fourth-order valence-electron chi connectivity index (χ4n) is 4.65. The number of hydrogen-bond donors (Lipinski definition) is 0. The third-order valence-corrected chi connectivity index (χ3v) is 7.93. The van der Waals surface area contributed by atoms with Gasteiger partial charge < -0.3 is 4.90 Å². The molecule has 0 bridgehead atoms. The van der Waals surface area contributed by atoms with Gasteiger partial charge in [0.15, 0.2) is 9.84 Å². The number of halogens is 2. The standard InChI is InChI=1S/C28H27ClFNO4S/c1-18-9-10-19(26(30)14-18)15-22(32)16-20-6-5-13-31(28(20)33)21-11-12-23(25(29)17-21)24-7-3-4-8-27(24)36(2,34)35/h3-4,7-12,14,17,20H,5-6,13,15-16H2,1-2H3/t20-/m0/s1. The molecule has 0 unspecified atom stereocenters. The van der Waals surface area contributed by atoms with E-state index in [1.165, 1.54) is 12.1 Å². The van der Waals surface area contributed by atoms with E-state index in [2.05, 4.69) is 0 Å². The van der Waals surface area contributed by atoms with Crippen molar-refractivity contribution in [2.45, 2.75) is 37.5 Å². The molecule has 188 valence electrons. The normalized spacial score (nSPS) is 16.3. The van der Waals surface area contributed by atoms with Crippen LogP contribution in [-0.4, -0.2) is 32.9 Å². The minimum atomic E-state index is -3.46. The molecule has 0 aromatic heterocycles. The summed E-state index contributed by atoms with van der Waals surface area (Å²) in [6.07, 6.45) is 2.46. The van der Waals surface area contributed by atoms with Gasteiger partial charge in [0.05, 0.1) is 9.92 Å². The van der Waals surface area contributed by atoms with Crippen molar-refractivity contribution < 1.29 is 22.4 Å². The number of hydrogen-bond acceptors (Lipinski definition) is 4. The summed E-state index contributed by atoms with van der Waals surface area (Å²) in [6.45, 7) is 2.28. The quantitative estimate of drug-likeness (QED) is 0.389. The molecule has 0 radical (unpaired) electrons. The summed E-state index contributed by atoms with van der Waals surface area (Å²) in [5, 5.41) is 0.324. The first-order chi connectivity index (χ1) is 17.0. The van der Waals surface area contributed by atoms with E-state index in [4.69, 9.17) is 11.6 Å². The predicted molar refractivity (Wildman–Crippen MR) is 140 cm³/mol. The molecule has 36 heavy (non-hydrogen) atoms. The highest BCUT2D eigenvalue weighted by Gasteiger charge is 2.31. The van der Waals surface area contributed by atoms with E-state index in [9.17, 15) is 22.4 Å². The lowest BCUT2D eigenvalue weighted by molar-refractivity contribution is -0.128. The summed E-state index contributed by atoms with van der Waals surface area (Å²) in [7, 11) is -3.46. The van der Waals surface area contributed by atoms with Gasteiger partial charge in [-0.25, -0.2) is 12.8 Å². The Balaban J connectivity index is 1.52. The highest BCUT2D eigenvalue weighted by atomic mass is 35.5. The first kappa shape index (κ1) is 26.0. The number of Topliss-reactive ketones (excluding diaryl/α,β-unsaturated/α-hetero) is 1. The molecule has 8 heteroatoms. The van der Waals surface area contributed by atoms with Crippen molar-refractivity contribution in [3.63, 3.8) is 0 Å². The van der Waals surface area contributed by atoms with E-state index >= 15 is 0 Å². The van der Waals surface area contributed by atoms with E-state index in [-0.39, 0.29) is 29.4 Å². The molecule has 0 aliphatic carbocycles. The second-order valence-corrected chi connectivity index (χ2v) is 11.7. The minimum Gasteiger partial charge on any atom is -0.312 e. The second-order valence-electron chi connectivity index (χ2n) is 9.28. The van der Waals surface area contributed by atoms with Gasteiger partial charge in [0.2, 0.25) is 5.91 Å². The number of rotatable bonds is 7. The van der Waals surface area contributed by atoms with Gasteiger partial charge in [-0.3, -0.25) is 9.59 Å². The number of amides is 1. The van der Waals surface area contributed by atoms with E-state index in [0.717, 1.165) is 18.2 Å². The van der Waals surface area contributed by atoms with Crippen molar-refractivity contribution in [1.82, 2.24) is 0 Å². The summed E-state index contributed by atoms with van der Waals surface area (Å²) in [5.74, 6) is -1.24. The van der Waals surface area contributed by atoms with Gasteiger partial charge in [-0.05, 0) is 55.2 Å². The molecule has 3 aromatic rings. The SMILES string of the molecule is Cc1ccc(CC(=O)C[C@@H]2CCCN(c3ccc(-c4ccccc4S(C)(=O)=O)c(Cl)c3)C2=O)c(F)c1. The van der Waals surface area contributed by atoms with Crippen LogP contribution in [0.3, 0.4) is 0 Å². The van der Waals surface area contributed by atoms with Crippen LogP contribution in [0.5, 0.6) is 0 Å². The Morgan fingerprint density at radius 3 is 2.53 bits per heavy atom. The van der Waals surface area contributed by atoms with Crippen LogP contribution in [-0.2, 0) is 25.8 Å². The first-order valence-corrected chi connectivity index (χ1v) is 14.0. The molecule has 0 N–H and O–H groups in total. The fourth-order valence-corrected chi connectivity index (χ4v) is 5.83. The van der Waals surface area contributed by atoms with Crippen LogP contribution in [0.2, 0.25) is 5.02 Å². The topological polar surface area (TPSA) is 71.5 Å². The molecule has 3 aromatic carbocycles. The summed E-state index contributed by atoms with van der Waals surface area (Å²) >= 11 is 6.57. The summed E-state index contributed by atoms with van der Waals surface area (Å²) < 4.78 is 38.6. The summed E-state index contributed by atoms with van der Waals surface area (Å²) in [5.41, 5.74) is 2.76. The Bertz CT molecular complexity index is 1440. The number of carbonyl (C=O) groups is 2. The zero-order valence-corrected chi connectivity index (χ0v) is 21.7. The van der Waals surface area contributed by atoms with Crippen LogP contribution in [0, 0.1) is 18.7 Å². The van der Waals surface area contributed by atoms with Gasteiger partial charge in [0.1, 0.15) is 11.6 Å². The molecule has 1 heterocycles. The number of nitrogens with zero attached hydrogens (tertiary/aromatic N) is 1. The molecule has 1 aliphatic rings. The summed E-state index contributed by atoms with van der Waals surface area (Å²) in [4.78, 5) is 27.7. The molecule has 1 amide bonds. The molecule has 0 spiro atoms. The Kier molecular flexibility index (Phi) is 7.62. The van der Waals surface area contributed by atoms with Crippen LogP contribution in [0.4, 0.5) is 10.1 Å². The molecular weight excluding hydrogens is 501 g/mol. The van der Waals surface area contributed by atoms with E-state index in [0.29, 0.717) is 40.4 Å². The smallest absolute Gasteiger partial charge is 0.230 e. The third-order valence-electron chi connectivity index (χ3n) is 6.46. The van der Waals surface area contributed by atoms with Crippen LogP contribution in [0.25, 0.3) is 11.1 Å². The van der Waals surface area contributed by atoms with Crippen molar-refractivity contribution in [2.75, 3.05) is 17.7 Å². The zero-order chi connectivity index (χ0) is 26.0. The number of benzene rings is 3. The highest BCUT2D eigenvalue weighted by molar-refractivity contribution is 7.90. The Labute approximate surface area is 215 Å². The lowest BCUT2D eigenvalue weighted by Gasteiger charge is -2.32. The number of piperidine rings is 1. The maximum absolute atomic E-state index is 14.2. The number of anilines is 1. The van der Waals surface area contributed by atoms with Crippen molar-refractivity contribution in [1.29, 1.82) is 0 Å². The Hall–Kier alpha value is -3.03. The fraction of sp³-hybridized carbons (Fsp3) is 0.286. The largest absolute Gasteiger partial charge is 0.312 e. The molecule has 1 aliphatic heterocycles. The second kappa shape index (κ2) is 10.5. The van der Waals surface area contributed by atoms with Gasteiger partial charge in [0, 0.05) is 48.4 Å². The van der Waals surface area contributed by atoms with E-state index in [1.54, 1.807) is 60.4 Å². The molecule has 4 rings (SSSR count).